The van der Waals surface area contributed by atoms with Crippen molar-refractivity contribution in [3.63, 3.8) is 0 Å². The number of amides is 1. The first kappa shape index (κ1) is 12.2. The lowest BCUT2D eigenvalue weighted by Crippen LogP contribution is -2.26. The van der Waals surface area contributed by atoms with Crippen LogP contribution in [0.25, 0.3) is 0 Å². The summed E-state index contributed by atoms with van der Waals surface area (Å²) >= 11 is 0. The predicted molar refractivity (Wildman–Crippen MR) is 61.2 cm³/mol. The minimum absolute atomic E-state index is 0.287. The van der Waals surface area contributed by atoms with Crippen LogP contribution in [0.1, 0.15) is 16.2 Å². The summed E-state index contributed by atoms with van der Waals surface area (Å²) in [5.74, 6) is -0.108. The Kier molecular flexibility index (Phi) is 3.61. The van der Waals surface area contributed by atoms with Crippen molar-refractivity contribution < 1.29 is 9.18 Å². The predicted octanol–water partition coefficient (Wildman–Crippen LogP) is 0.322. The molecule has 1 amide bonds. The lowest BCUT2D eigenvalue weighted by molar-refractivity contribution is 0.0953. The first-order chi connectivity index (χ1) is 8.66. The molecule has 18 heavy (non-hydrogen) atoms. The summed E-state index contributed by atoms with van der Waals surface area (Å²) in [6.07, 6.45) is 3.38. The van der Waals surface area contributed by atoms with Crippen molar-refractivity contribution in [3.05, 3.63) is 42.0 Å². The van der Waals surface area contributed by atoms with E-state index in [0.29, 0.717) is 18.5 Å². The van der Waals surface area contributed by atoms with E-state index in [4.69, 9.17) is 0 Å². The molecular weight excluding hydrogens is 237 g/mol. The van der Waals surface area contributed by atoms with E-state index in [1.165, 1.54) is 12.3 Å². The van der Waals surface area contributed by atoms with E-state index in [9.17, 15) is 9.18 Å². The monoisotopic (exact) mass is 249 g/mol. The van der Waals surface area contributed by atoms with Crippen LogP contribution in [-0.4, -0.2) is 32.2 Å². The Balaban J connectivity index is 1.85. The van der Waals surface area contributed by atoms with E-state index in [-0.39, 0.29) is 5.91 Å². The standard InChI is InChI=1S/C11H12FN5O/c1-17-7-15-16-10(17)4-5-13-11(18)8-2-3-9(12)14-6-8/h2-3,6-7H,4-5H2,1H3,(H,13,18). The van der Waals surface area contributed by atoms with E-state index in [2.05, 4.69) is 20.5 Å². The normalized spacial score (nSPS) is 10.3. The van der Waals surface area contributed by atoms with Crippen LogP contribution >= 0.6 is 0 Å². The van der Waals surface area contributed by atoms with Gasteiger partial charge in [0.05, 0.1) is 5.56 Å². The number of nitrogens with one attached hydrogen (secondary N) is 1. The Labute approximate surface area is 103 Å². The van der Waals surface area contributed by atoms with Gasteiger partial charge in [-0.3, -0.25) is 4.79 Å². The minimum Gasteiger partial charge on any atom is -0.352 e. The van der Waals surface area contributed by atoms with Crippen LogP contribution < -0.4 is 5.32 Å². The van der Waals surface area contributed by atoms with E-state index in [0.717, 1.165) is 11.9 Å². The SMILES string of the molecule is Cn1cnnc1CCNC(=O)c1ccc(F)nc1. The molecule has 2 aromatic heterocycles. The molecule has 0 aromatic carbocycles. The molecule has 0 aliphatic rings. The van der Waals surface area contributed by atoms with Crippen molar-refractivity contribution in [2.45, 2.75) is 6.42 Å². The molecular formula is C11H12FN5O. The lowest BCUT2D eigenvalue weighted by Gasteiger charge is -2.04. The van der Waals surface area contributed by atoms with E-state index in [1.807, 2.05) is 7.05 Å². The molecule has 0 fully saturated rings. The molecule has 0 aliphatic carbocycles. The zero-order valence-corrected chi connectivity index (χ0v) is 9.80. The number of halogens is 1. The third kappa shape index (κ3) is 2.88. The number of carbonyl (C=O) groups is 1. The van der Waals surface area contributed by atoms with Crippen molar-refractivity contribution in [3.8, 4) is 0 Å². The third-order valence-electron chi connectivity index (χ3n) is 2.43. The third-order valence-corrected chi connectivity index (χ3v) is 2.43. The highest BCUT2D eigenvalue weighted by atomic mass is 19.1. The number of aromatic nitrogens is 4. The molecule has 0 saturated carbocycles. The Hall–Kier alpha value is -2.31. The molecule has 0 unspecified atom stereocenters. The molecule has 7 heteroatoms. The molecule has 1 N–H and O–H groups in total. The fraction of sp³-hybridized carbons (Fsp3) is 0.273. The highest BCUT2D eigenvalue weighted by Gasteiger charge is 2.06. The van der Waals surface area contributed by atoms with Crippen LogP contribution in [0.15, 0.2) is 24.7 Å². The second-order valence-corrected chi connectivity index (χ2v) is 3.73. The van der Waals surface area contributed by atoms with Crippen molar-refractivity contribution >= 4 is 5.91 Å². The number of hydrogen-bond donors (Lipinski definition) is 1. The minimum atomic E-state index is -0.606. The van der Waals surface area contributed by atoms with E-state index in [1.54, 1.807) is 10.9 Å². The maximum absolute atomic E-state index is 12.6. The molecule has 6 nitrogen and oxygen atoms in total. The van der Waals surface area contributed by atoms with Gasteiger partial charge in [-0.25, -0.2) is 4.98 Å². The van der Waals surface area contributed by atoms with Crippen LogP contribution in [0.2, 0.25) is 0 Å². The fourth-order valence-corrected chi connectivity index (χ4v) is 1.43. The average molecular weight is 249 g/mol. The van der Waals surface area contributed by atoms with Crippen molar-refractivity contribution in [1.82, 2.24) is 25.1 Å². The molecule has 0 spiro atoms. The zero-order chi connectivity index (χ0) is 13.0. The van der Waals surface area contributed by atoms with Crippen LogP contribution in [0.3, 0.4) is 0 Å². The number of aryl methyl sites for hydroxylation is 1. The Bertz CT molecular complexity index is 537. The number of pyridine rings is 1. The maximum atomic E-state index is 12.6. The summed E-state index contributed by atoms with van der Waals surface area (Å²) in [4.78, 5) is 15.1. The second-order valence-electron chi connectivity index (χ2n) is 3.73. The van der Waals surface area contributed by atoms with Gasteiger partial charge in [0.2, 0.25) is 5.95 Å². The first-order valence-corrected chi connectivity index (χ1v) is 5.39. The van der Waals surface area contributed by atoms with Crippen molar-refractivity contribution in [1.29, 1.82) is 0 Å². The van der Waals surface area contributed by atoms with Crippen molar-refractivity contribution in [2.24, 2.45) is 7.05 Å². The maximum Gasteiger partial charge on any atom is 0.252 e. The molecule has 0 saturated heterocycles. The van der Waals surface area contributed by atoms with Gasteiger partial charge in [-0.05, 0) is 12.1 Å². The van der Waals surface area contributed by atoms with E-state index < -0.39 is 5.95 Å². The van der Waals surface area contributed by atoms with E-state index >= 15 is 0 Å². The van der Waals surface area contributed by atoms with Gasteiger partial charge in [0.1, 0.15) is 12.2 Å². The van der Waals surface area contributed by atoms with Crippen LogP contribution in [-0.2, 0) is 13.5 Å². The Morgan fingerprint density at radius 1 is 1.50 bits per heavy atom. The largest absolute Gasteiger partial charge is 0.352 e. The summed E-state index contributed by atoms with van der Waals surface area (Å²) < 4.78 is 14.4. The Morgan fingerprint density at radius 3 is 2.94 bits per heavy atom. The highest BCUT2D eigenvalue weighted by Crippen LogP contribution is 1.99. The Morgan fingerprint density at radius 2 is 2.33 bits per heavy atom. The van der Waals surface area contributed by atoms with Gasteiger partial charge in [0.15, 0.2) is 0 Å². The van der Waals surface area contributed by atoms with Crippen LogP contribution in [0.5, 0.6) is 0 Å². The van der Waals surface area contributed by atoms with Gasteiger partial charge in [-0.15, -0.1) is 10.2 Å². The van der Waals surface area contributed by atoms with Gasteiger partial charge in [-0.1, -0.05) is 0 Å². The summed E-state index contributed by atoms with van der Waals surface area (Å²) in [6, 6.07) is 2.54. The summed E-state index contributed by atoms with van der Waals surface area (Å²) in [6.45, 7) is 0.433. The number of nitrogens with zero attached hydrogens (tertiary/aromatic N) is 4. The zero-order valence-electron chi connectivity index (χ0n) is 9.80. The first-order valence-electron chi connectivity index (χ1n) is 5.39. The molecule has 94 valence electrons. The van der Waals surface area contributed by atoms with Gasteiger partial charge >= 0.3 is 0 Å². The summed E-state index contributed by atoms with van der Waals surface area (Å²) in [5.41, 5.74) is 0.328. The van der Waals surface area contributed by atoms with Crippen LogP contribution in [0.4, 0.5) is 4.39 Å². The van der Waals surface area contributed by atoms with Crippen LogP contribution in [0, 0.1) is 5.95 Å². The number of rotatable bonds is 4. The smallest absolute Gasteiger partial charge is 0.252 e. The number of hydrogen-bond acceptors (Lipinski definition) is 4. The van der Waals surface area contributed by atoms with Gasteiger partial charge < -0.3 is 9.88 Å². The molecule has 2 rings (SSSR count). The van der Waals surface area contributed by atoms with Gasteiger partial charge in [-0.2, -0.15) is 4.39 Å². The topological polar surface area (TPSA) is 72.7 Å². The molecule has 2 heterocycles. The average Bonchev–Trinajstić information content (AvgIpc) is 2.76. The molecule has 0 aliphatic heterocycles. The molecule has 0 atom stereocenters. The molecule has 0 bridgehead atoms. The lowest BCUT2D eigenvalue weighted by atomic mass is 10.2. The number of carbonyl (C=O) groups excluding carboxylic acids is 1. The highest BCUT2D eigenvalue weighted by molar-refractivity contribution is 5.93. The van der Waals surface area contributed by atoms with Crippen molar-refractivity contribution in [2.75, 3.05) is 6.54 Å². The second kappa shape index (κ2) is 5.35. The van der Waals surface area contributed by atoms with Gasteiger partial charge in [0.25, 0.3) is 5.91 Å². The summed E-state index contributed by atoms with van der Waals surface area (Å²) in [7, 11) is 1.83. The quantitative estimate of drug-likeness (QED) is 0.792. The van der Waals surface area contributed by atoms with Gasteiger partial charge in [0, 0.05) is 26.2 Å². The molecule has 2 aromatic rings. The fourth-order valence-electron chi connectivity index (χ4n) is 1.43. The summed E-state index contributed by atoms with van der Waals surface area (Å²) in [5, 5.41) is 10.3. The molecule has 0 radical (unpaired) electrons.